The van der Waals surface area contributed by atoms with Gasteiger partial charge in [0.15, 0.2) is 0 Å². The van der Waals surface area contributed by atoms with Gasteiger partial charge in [0.05, 0.1) is 12.7 Å². The monoisotopic (exact) mass is 285 g/mol. The summed E-state index contributed by atoms with van der Waals surface area (Å²) in [5.74, 6) is -0.238. The van der Waals surface area contributed by atoms with Crippen LogP contribution < -0.4 is 10.5 Å². The molecule has 1 rings (SSSR count). The van der Waals surface area contributed by atoms with Gasteiger partial charge >= 0.3 is 6.18 Å². The van der Waals surface area contributed by atoms with Gasteiger partial charge < -0.3 is 15.6 Å². The number of methoxy groups -OCH3 is 1. The number of alkyl halides is 3. The maximum Gasteiger partial charge on any atom is 0.419 e. The minimum absolute atomic E-state index is 0. The highest BCUT2D eigenvalue weighted by Crippen LogP contribution is 2.37. The molecule has 104 valence electrons. The predicted molar refractivity (Wildman–Crippen MR) is 63.9 cm³/mol. The molecule has 1 aromatic rings. The lowest BCUT2D eigenvalue weighted by molar-refractivity contribution is -0.138. The minimum atomic E-state index is -4.49. The van der Waals surface area contributed by atoms with Gasteiger partial charge in [-0.25, -0.2) is 0 Å². The smallest absolute Gasteiger partial charge is 0.419 e. The van der Waals surface area contributed by atoms with Crippen LogP contribution in [-0.4, -0.2) is 18.8 Å². The summed E-state index contributed by atoms with van der Waals surface area (Å²) >= 11 is 0. The van der Waals surface area contributed by atoms with Crippen molar-refractivity contribution in [2.24, 2.45) is 5.73 Å². The predicted octanol–water partition coefficient (Wildman–Crippen LogP) is 2.52. The molecule has 0 amide bonds. The van der Waals surface area contributed by atoms with E-state index in [0.29, 0.717) is 5.56 Å². The molecule has 1 aromatic carbocycles. The number of nitrogens with two attached hydrogens (primary N) is 1. The molecule has 0 bridgehead atoms. The van der Waals surface area contributed by atoms with E-state index in [0.717, 1.165) is 6.07 Å². The van der Waals surface area contributed by atoms with Gasteiger partial charge in [0, 0.05) is 12.6 Å². The molecule has 0 aromatic heterocycles. The van der Waals surface area contributed by atoms with Crippen LogP contribution in [0.2, 0.25) is 0 Å². The highest BCUT2D eigenvalue weighted by molar-refractivity contribution is 5.85. The van der Waals surface area contributed by atoms with Crippen LogP contribution in [0.5, 0.6) is 5.75 Å². The lowest BCUT2D eigenvalue weighted by Crippen LogP contribution is -2.14. The van der Waals surface area contributed by atoms with E-state index in [-0.39, 0.29) is 31.2 Å². The van der Waals surface area contributed by atoms with Crippen LogP contribution in [-0.2, 0) is 6.18 Å². The second-order valence-corrected chi connectivity index (χ2v) is 3.58. The maximum absolute atomic E-state index is 12.7. The third-order valence-corrected chi connectivity index (χ3v) is 2.40. The molecule has 0 aliphatic rings. The zero-order valence-electron chi connectivity index (χ0n) is 9.70. The Morgan fingerprint density at radius 1 is 1.39 bits per heavy atom. The van der Waals surface area contributed by atoms with E-state index in [1.807, 2.05) is 0 Å². The SMILES string of the molecule is COc1ccc(C(N)CCO)cc1C(F)(F)F.Cl. The van der Waals surface area contributed by atoms with Crippen LogP contribution in [0, 0.1) is 0 Å². The Hall–Kier alpha value is -0.980. The van der Waals surface area contributed by atoms with Gasteiger partial charge in [0.1, 0.15) is 5.75 Å². The van der Waals surface area contributed by atoms with Crippen LogP contribution in [0.4, 0.5) is 13.2 Å². The number of benzene rings is 1. The van der Waals surface area contributed by atoms with Gasteiger partial charge in [0.25, 0.3) is 0 Å². The second-order valence-electron chi connectivity index (χ2n) is 3.58. The number of aliphatic hydroxyl groups excluding tert-OH is 1. The molecule has 0 radical (unpaired) electrons. The fourth-order valence-corrected chi connectivity index (χ4v) is 1.48. The number of hydrogen-bond donors (Lipinski definition) is 2. The van der Waals surface area contributed by atoms with Crippen LogP contribution in [0.1, 0.15) is 23.6 Å². The average molecular weight is 286 g/mol. The minimum Gasteiger partial charge on any atom is -0.496 e. The third kappa shape index (κ3) is 4.04. The molecule has 0 aliphatic carbocycles. The quantitative estimate of drug-likeness (QED) is 0.894. The number of halogens is 4. The van der Waals surface area contributed by atoms with Gasteiger partial charge in [0.2, 0.25) is 0 Å². The van der Waals surface area contributed by atoms with Crippen LogP contribution in [0.15, 0.2) is 18.2 Å². The summed E-state index contributed by atoms with van der Waals surface area (Å²) < 4.78 is 42.7. The first-order valence-electron chi connectivity index (χ1n) is 5.01. The van der Waals surface area contributed by atoms with E-state index in [1.165, 1.54) is 19.2 Å². The van der Waals surface area contributed by atoms with Gasteiger partial charge in [-0.1, -0.05) is 6.07 Å². The topological polar surface area (TPSA) is 55.5 Å². The van der Waals surface area contributed by atoms with Crippen LogP contribution in [0.3, 0.4) is 0 Å². The number of aliphatic hydroxyl groups is 1. The Labute approximate surface area is 109 Å². The molecule has 0 fully saturated rings. The molecule has 0 saturated carbocycles. The summed E-state index contributed by atoms with van der Waals surface area (Å²) in [6.45, 7) is -0.172. The molecule has 0 spiro atoms. The highest BCUT2D eigenvalue weighted by atomic mass is 35.5. The normalized spacial score (nSPS) is 12.8. The Balaban J connectivity index is 0.00000289. The standard InChI is InChI=1S/C11H14F3NO2.ClH/c1-17-10-3-2-7(9(15)4-5-16)6-8(10)11(12,13)14;/h2-3,6,9,16H,4-5,15H2,1H3;1H. The van der Waals surface area contributed by atoms with Crippen LogP contribution in [0.25, 0.3) is 0 Å². The van der Waals surface area contributed by atoms with Crippen LogP contribution >= 0.6 is 12.4 Å². The fourth-order valence-electron chi connectivity index (χ4n) is 1.48. The molecule has 0 heterocycles. The van der Waals surface area contributed by atoms with Crippen molar-refractivity contribution in [2.75, 3.05) is 13.7 Å². The van der Waals surface area contributed by atoms with Gasteiger partial charge in [-0.05, 0) is 24.1 Å². The van der Waals surface area contributed by atoms with Crippen molar-refractivity contribution in [1.82, 2.24) is 0 Å². The molecular weight excluding hydrogens is 271 g/mol. The lowest BCUT2D eigenvalue weighted by Gasteiger charge is -2.16. The van der Waals surface area contributed by atoms with E-state index in [4.69, 9.17) is 10.8 Å². The fraction of sp³-hybridized carbons (Fsp3) is 0.455. The zero-order chi connectivity index (χ0) is 13.1. The van der Waals surface area contributed by atoms with Gasteiger partial charge in [-0.15, -0.1) is 12.4 Å². The third-order valence-electron chi connectivity index (χ3n) is 2.40. The van der Waals surface area contributed by atoms with Gasteiger partial charge in [-0.2, -0.15) is 13.2 Å². The Bertz CT molecular complexity index is 385. The van der Waals surface area contributed by atoms with Crippen molar-refractivity contribution in [3.8, 4) is 5.75 Å². The van der Waals surface area contributed by atoms with Crippen molar-refractivity contribution in [3.05, 3.63) is 29.3 Å². The number of ether oxygens (including phenoxy) is 1. The Morgan fingerprint density at radius 2 is 2.00 bits per heavy atom. The summed E-state index contributed by atoms with van der Waals surface area (Å²) in [5, 5.41) is 8.70. The summed E-state index contributed by atoms with van der Waals surface area (Å²) in [5.41, 5.74) is 5.11. The van der Waals surface area contributed by atoms with Crippen molar-refractivity contribution in [3.63, 3.8) is 0 Å². The highest BCUT2D eigenvalue weighted by Gasteiger charge is 2.34. The summed E-state index contributed by atoms with van der Waals surface area (Å²) in [4.78, 5) is 0. The molecule has 0 saturated heterocycles. The lowest BCUT2D eigenvalue weighted by atomic mass is 10.0. The zero-order valence-corrected chi connectivity index (χ0v) is 10.5. The summed E-state index contributed by atoms with van der Waals surface area (Å²) in [7, 11) is 1.18. The van der Waals surface area contributed by atoms with E-state index < -0.39 is 17.8 Å². The molecule has 1 unspecified atom stereocenters. The van der Waals surface area contributed by atoms with Crippen molar-refractivity contribution < 1.29 is 23.0 Å². The molecular formula is C11H15ClF3NO2. The second kappa shape index (κ2) is 6.82. The Morgan fingerprint density at radius 3 is 2.44 bits per heavy atom. The van der Waals surface area contributed by atoms with E-state index in [1.54, 1.807) is 0 Å². The van der Waals surface area contributed by atoms with Crippen molar-refractivity contribution in [1.29, 1.82) is 0 Å². The number of rotatable bonds is 4. The first-order chi connectivity index (χ1) is 7.90. The molecule has 1 atom stereocenters. The van der Waals surface area contributed by atoms with Crippen molar-refractivity contribution in [2.45, 2.75) is 18.6 Å². The van der Waals surface area contributed by atoms with E-state index >= 15 is 0 Å². The summed E-state index contributed by atoms with van der Waals surface area (Å²) in [6, 6.07) is 3.04. The first-order valence-corrected chi connectivity index (χ1v) is 5.01. The molecule has 7 heteroatoms. The molecule has 3 N–H and O–H groups in total. The van der Waals surface area contributed by atoms with Crippen molar-refractivity contribution >= 4 is 12.4 Å². The van der Waals surface area contributed by atoms with E-state index in [2.05, 4.69) is 4.74 Å². The number of hydrogen-bond acceptors (Lipinski definition) is 3. The summed E-state index contributed by atoms with van der Waals surface area (Å²) in [6.07, 6.45) is -4.27. The molecule has 3 nitrogen and oxygen atoms in total. The van der Waals surface area contributed by atoms with Gasteiger partial charge in [-0.3, -0.25) is 0 Å². The first kappa shape index (κ1) is 17.0. The molecule has 0 aliphatic heterocycles. The molecule has 18 heavy (non-hydrogen) atoms. The Kier molecular flexibility index (Phi) is 6.45. The van der Waals surface area contributed by atoms with E-state index in [9.17, 15) is 13.2 Å². The largest absolute Gasteiger partial charge is 0.496 e. The average Bonchev–Trinajstić information content (AvgIpc) is 2.27. The maximum atomic E-state index is 12.7.